The van der Waals surface area contributed by atoms with E-state index in [9.17, 15) is 0 Å². The number of hydrogen-bond acceptors (Lipinski definition) is 6. The predicted octanol–water partition coefficient (Wildman–Crippen LogP) is 3.88. The Balaban J connectivity index is 1.62. The summed E-state index contributed by atoms with van der Waals surface area (Å²) in [6.07, 6.45) is 0. The number of ether oxygens (including phenoxy) is 1. The van der Waals surface area contributed by atoms with Gasteiger partial charge in [-0.15, -0.1) is 0 Å². The molecular formula is C20H24N4OS. The molecule has 0 aliphatic carbocycles. The van der Waals surface area contributed by atoms with Gasteiger partial charge in [0.05, 0.1) is 18.7 Å². The lowest BCUT2D eigenvalue weighted by Crippen LogP contribution is -2.53. The topological polar surface area (TPSA) is 50.3 Å². The maximum Gasteiger partial charge on any atom is 0.162 e. The Morgan fingerprint density at radius 3 is 2.73 bits per heavy atom. The van der Waals surface area contributed by atoms with Crippen LogP contribution in [0.3, 0.4) is 0 Å². The van der Waals surface area contributed by atoms with Crippen LogP contribution in [0.1, 0.15) is 13.8 Å². The molecule has 5 nitrogen and oxygen atoms in total. The van der Waals surface area contributed by atoms with Crippen molar-refractivity contribution in [1.82, 2.24) is 14.9 Å². The molecule has 3 aromatic rings. The van der Waals surface area contributed by atoms with E-state index in [1.165, 1.54) is 0 Å². The summed E-state index contributed by atoms with van der Waals surface area (Å²) in [5, 5.41) is 8.80. The average molecular weight is 369 g/mol. The summed E-state index contributed by atoms with van der Waals surface area (Å²) in [6.45, 7) is 8.92. The van der Waals surface area contributed by atoms with Crippen LogP contribution in [-0.2, 0) is 4.74 Å². The fourth-order valence-electron chi connectivity index (χ4n) is 3.31. The third kappa shape index (κ3) is 3.58. The normalized spacial score (nSPS) is 16.1. The van der Waals surface area contributed by atoms with E-state index >= 15 is 0 Å². The lowest BCUT2D eigenvalue weighted by molar-refractivity contribution is -0.00569. The van der Waals surface area contributed by atoms with Crippen LogP contribution in [-0.4, -0.2) is 53.3 Å². The van der Waals surface area contributed by atoms with Crippen molar-refractivity contribution in [2.24, 2.45) is 0 Å². The lowest BCUT2D eigenvalue weighted by atomic mass is 10.0. The molecule has 1 aromatic carbocycles. The van der Waals surface area contributed by atoms with Crippen LogP contribution in [0, 0.1) is 0 Å². The molecule has 0 radical (unpaired) electrons. The second-order valence-corrected chi connectivity index (χ2v) is 7.97. The highest BCUT2D eigenvalue weighted by atomic mass is 32.1. The first-order valence-corrected chi connectivity index (χ1v) is 9.94. The lowest BCUT2D eigenvalue weighted by Gasteiger charge is -2.41. The Bertz CT molecular complexity index is 873. The maximum absolute atomic E-state index is 5.49. The zero-order chi connectivity index (χ0) is 18.0. The number of anilines is 1. The van der Waals surface area contributed by atoms with E-state index in [1.807, 2.05) is 18.2 Å². The summed E-state index contributed by atoms with van der Waals surface area (Å²) < 4.78 is 5.49. The average Bonchev–Trinajstić information content (AvgIpc) is 3.21. The van der Waals surface area contributed by atoms with Crippen molar-refractivity contribution >= 4 is 28.1 Å². The van der Waals surface area contributed by atoms with E-state index in [-0.39, 0.29) is 5.54 Å². The van der Waals surface area contributed by atoms with Gasteiger partial charge in [0.25, 0.3) is 0 Å². The standard InChI is InChI=1S/C20H24N4OS/c1-20(2,24-8-10-25-11-9-24)14-21-19-16-5-3-4-6-17(16)22-18(23-19)15-7-12-26-13-15/h3-7,12-13H,8-11,14H2,1-2H3,(H,21,22,23). The Labute approximate surface area is 158 Å². The van der Waals surface area contributed by atoms with Crippen LogP contribution < -0.4 is 5.32 Å². The largest absolute Gasteiger partial charge is 0.379 e. The molecule has 1 saturated heterocycles. The number of fused-ring (bicyclic) bond motifs is 1. The van der Waals surface area contributed by atoms with Gasteiger partial charge < -0.3 is 10.1 Å². The Kier molecular flexibility index (Phi) is 4.89. The minimum atomic E-state index is 0.0262. The van der Waals surface area contributed by atoms with Gasteiger partial charge in [-0.1, -0.05) is 12.1 Å². The smallest absolute Gasteiger partial charge is 0.162 e. The number of aromatic nitrogens is 2. The molecule has 0 unspecified atom stereocenters. The maximum atomic E-state index is 5.49. The van der Waals surface area contributed by atoms with Gasteiger partial charge in [0.1, 0.15) is 5.82 Å². The van der Waals surface area contributed by atoms with Gasteiger partial charge in [-0.3, -0.25) is 4.90 Å². The first kappa shape index (κ1) is 17.4. The molecule has 1 N–H and O–H groups in total. The number of thiophene rings is 1. The highest BCUT2D eigenvalue weighted by Crippen LogP contribution is 2.27. The molecule has 0 spiro atoms. The van der Waals surface area contributed by atoms with Gasteiger partial charge in [-0.05, 0) is 37.4 Å². The molecule has 0 atom stereocenters. The molecule has 3 heterocycles. The van der Waals surface area contributed by atoms with Gasteiger partial charge in [-0.25, -0.2) is 9.97 Å². The van der Waals surface area contributed by atoms with Gasteiger partial charge in [0, 0.05) is 41.5 Å². The first-order valence-electron chi connectivity index (χ1n) is 8.99. The molecule has 2 aromatic heterocycles. The van der Waals surface area contributed by atoms with Crippen LogP contribution in [0.5, 0.6) is 0 Å². The Hall–Kier alpha value is -2.02. The molecule has 0 amide bonds. The molecular weight excluding hydrogens is 344 g/mol. The van der Waals surface area contributed by atoms with Crippen LogP contribution in [0.4, 0.5) is 5.82 Å². The van der Waals surface area contributed by atoms with Crippen LogP contribution in [0.2, 0.25) is 0 Å². The second kappa shape index (κ2) is 7.31. The fraction of sp³-hybridized carbons (Fsp3) is 0.400. The highest BCUT2D eigenvalue weighted by Gasteiger charge is 2.28. The van der Waals surface area contributed by atoms with E-state index in [1.54, 1.807) is 11.3 Å². The number of nitrogens with zero attached hydrogens (tertiary/aromatic N) is 3. The van der Waals surface area contributed by atoms with Crippen LogP contribution in [0.15, 0.2) is 41.1 Å². The Morgan fingerprint density at radius 2 is 1.96 bits per heavy atom. The zero-order valence-electron chi connectivity index (χ0n) is 15.2. The number of benzene rings is 1. The molecule has 26 heavy (non-hydrogen) atoms. The van der Waals surface area contributed by atoms with Gasteiger partial charge in [0.2, 0.25) is 0 Å². The second-order valence-electron chi connectivity index (χ2n) is 7.19. The van der Waals surface area contributed by atoms with Crippen molar-refractivity contribution in [3.05, 3.63) is 41.1 Å². The van der Waals surface area contributed by atoms with Gasteiger partial charge in [0.15, 0.2) is 5.82 Å². The van der Waals surface area contributed by atoms with Crippen molar-refractivity contribution in [3.63, 3.8) is 0 Å². The van der Waals surface area contributed by atoms with E-state index in [0.717, 1.165) is 61.0 Å². The molecule has 1 aliphatic rings. The summed E-state index contributed by atoms with van der Waals surface area (Å²) in [5.41, 5.74) is 2.06. The number of hydrogen-bond donors (Lipinski definition) is 1. The Morgan fingerprint density at radius 1 is 1.15 bits per heavy atom. The van der Waals surface area contributed by atoms with Crippen molar-refractivity contribution in [2.75, 3.05) is 38.2 Å². The zero-order valence-corrected chi connectivity index (χ0v) is 16.1. The van der Waals surface area contributed by atoms with Crippen molar-refractivity contribution in [2.45, 2.75) is 19.4 Å². The van der Waals surface area contributed by atoms with E-state index < -0.39 is 0 Å². The summed E-state index contributed by atoms with van der Waals surface area (Å²) in [7, 11) is 0. The van der Waals surface area contributed by atoms with Gasteiger partial charge in [-0.2, -0.15) is 11.3 Å². The number of nitrogens with one attached hydrogen (secondary N) is 1. The highest BCUT2D eigenvalue weighted by molar-refractivity contribution is 7.08. The minimum absolute atomic E-state index is 0.0262. The monoisotopic (exact) mass is 368 g/mol. The number of morpholine rings is 1. The predicted molar refractivity (Wildman–Crippen MR) is 108 cm³/mol. The number of para-hydroxylation sites is 1. The first-order chi connectivity index (χ1) is 12.6. The SMILES string of the molecule is CC(C)(CNc1nc(-c2ccsc2)nc2ccccc12)N1CCOCC1. The van der Waals surface area contributed by atoms with Crippen molar-refractivity contribution in [1.29, 1.82) is 0 Å². The molecule has 0 bridgehead atoms. The van der Waals surface area contributed by atoms with E-state index in [2.05, 4.69) is 47.0 Å². The molecule has 1 aliphatic heterocycles. The third-order valence-corrected chi connectivity index (χ3v) is 5.62. The number of rotatable bonds is 5. The summed E-state index contributed by atoms with van der Waals surface area (Å²) in [6, 6.07) is 10.3. The molecule has 1 fully saturated rings. The molecule has 4 rings (SSSR count). The van der Waals surface area contributed by atoms with Gasteiger partial charge >= 0.3 is 0 Å². The van der Waals surface area contributed by atoms with E-state index in [0.29, 0.717) is 0 Å². The summed E-state index contributed by atoms with van der Waals surface area (Å²) >= 11 is 1.66. The minimum Gasteiger partial charge on any atom is -0.379 e. The summed E-state index contributed by atoms with van der Waals surface area (Å²) in [4.78, 5) is 12.1. The van der Waals surface area contributed by atoms with Crippen molar-refractivity contribution < 1.29 is 4.74 Å². The van der Waals surface area contributed by atoms with Crippen molar-refractivity contribution in [3.8, 4) is 11.4 Å². The molecule has 136 valence electrons. The quantitative estimate of drug-likeness (QED) is 0.741. The third-order valence-electron chi connectivity index (χ3n) is 4.94. The molecule has 0 saturated carbocycles. The molecule has 6 heteroatoms. The van der Waals surface area contributed by atoms with Crippen LogP contribution >= 0.6 is 11.3 Å². The van der Waals surface area contributed by atoms with E-state index in [4.69, 9.17) is 14.7 Å². The summed E-state index contributed by atoms with van der Waals surface area (Å²) in [5.74, 6) is 1.68. The fourth-order valence-corrected chi connectivity index (χ4v) is 3.95. The van der Waals surface area contributed by atoms with Crippen LogP contribution in [0.25, 0.3) is 22.3 Å².